The number of rotatable bonds is 7. The van der Waals surface area contributed by atoms with Crippen molar-refractivity contribution in [1.82, 2.24) is 20.0 Å². The van der Waals surface area contributed by atoms with E-state index >= 15 is 0 Å². The van der Waals surface area contributed by atoms with Crippen LogP contribution in [0.3, 0.4) is 0 Å². The van der Waals surface area contributed by atoms with E-state index in [4.69, 9.17) is 4.74 Å². The number of nitrogens with zero attached hydrogens (tertiary/aromatic N) is 3. The fourth-order valence-corrected chi connectivity index (χ4v) is 10.3. The highest BCUT2D eigenvalue weighted by Crippen LogP contribution is 2.51. The molecule has 4 aliphatic heterocycles. The summed E-state index contributed by atoms with van der Waals surface area (Å²) in [6.45, 7) is 2.67. The number of hydrogen-bond acceptors (Lipinski definition) is 8. The maximum Gasteiger partial charge on any atom is 0.262 e. The third-order valence-corrected chi connectivity index (χ3v) is 13.0. The summed E-state index contributed by atoms with van der Waals surface area (Å²) in [5.41, 5.74) is 7.47. The Balaban J connectivity index is 0.724. The van der Waals surface area contributed by atoms with Crippen LogP contribution in [-0.4, -0.2) is 81.1 Å². The second kappa shape index (κ2) is 13.2. The topological polar surface area (TPSA) is 137 Å². The molecule has 0 aromatic heterocycles. The van der Waals surface area contributed by atoms with Gasteiger partial charge in [0.1, 0.15) is 23.6 Å². The Morgan fingerprint density at radius 1 is 0.786 bits per heavy atom. The number of benzene rings is 4. The highest BCUT2D eigenvalue weighted by atomic mass is 16.5. The van der Waals surface area contributed by atoms with Crippen molar-refractivity contribution in [3.63, 3.8) is 0 Å². The van der Waals surface area contributed by atoms with Crippen LogP contribution in [0.25, 0.3) is 0 Å². The molecule has 11 heteroatoms. The van der Waals surface area contributed by atoms with Crippen LogP contribution in [0, 0.1) is 5.41 Å². The minimum atomic E-state index is -0.995. The van der Waals surface area contributed by atoms with Crippen LogP contribution in [0.2, 0.25) is 0 Å². The van der Waals surface area contributed by atoms with Gasteiger partial charge < -0.3 is 14.7 Å². The Morgan fingerprint density at radius 2 is 1.48 bits per heavy atom. The molecule has 4 aromatic carbocycles. The lowest BCUT2D eigenvalue weighted by molar-refractivity contribution is -0.161. The van der Waals surface area contributed by atoms with Gasteiger partial charge in [0.05, 0.1) is 17.7 Å². The number of aryl methyl sites for hydroxylation is 1. The lowest BCUT2D eigenvalue weighted by atomic mass is 9.61. The number of fused-ring (bicyclic) bond motifs is 3. The molecule has 2 aliphatic carbocycles. The van der Waals surface area contributed by atoms with E-state index in [0.717, 1.165) is 60.5 Å². The number of amides is 5. The van der Waals surface area contributed by atoms with Crippen molar-refractivity contribution >= 4 is 29.5 Å². The maximum absolute atomic E-state index is 13.3. The summed E-state index contributed by atoms with van der Waals surface area (Å²) in [4.78, 5) is 68.9. The number of nitrogens with one attached hydrogen (secondary N) is 1. The van der Waals surface area contributed by atoms with Gasteiger partial charge in [0, 0.05) is 43.9 Å². The van der Waals surface area contributed by atoms with Crippen molar-refractivity contribution in [3.05, 3.63) is 129 Å². The molecule has 10 rings (SSSR count). The van der Waals surface area contributed by atoms with Crippen molar-refractivity contribution in [3.8, 4) is 11.5 Å². The first kappa shape index (κ1) is 34.7. The second-order valence-corrected chi connectivity index (χ2v) is 16.6. The molecule has 2 N–H and O–H groups in total. The second-order valence-electron chi connectivity index (χ2n) is 16.6. The van der Waals surface area contributed by atoms with E-state index in [-0.39, 0.29) is 53.9 Å². The first-order chi connectivity index (χ1) is 27.1. The van der Waals surface area contributed by atoms with Crippen LogP contribution in [0.4, 0.5) is 0 Å². The number of carbonyl (C=O) groups excluding carboxylic acids is 5. The number of carbonyl (C=O) groups is 5. The van der Waals surface area contributed by atoms with Crippen molar-refractivity contribution in [2.75, 3.05) is 19.6 Å². The molecule has 56 heavy (non-hydrogen) atoms. The number of ether oxygens (including phenoxy) is 1. The highest BCUT2D eigenvalue weighted by Gasteiger charge is 2.55. The lowest BCUT2D eigenvalue weighted by Gasteiger charge is -2.58. The van der Waals surface area contributed by atoms with Gasteiger partial charge in [-0.1, -0.05) is 48.5 Å². The molecule has 1 spiro atoms. The molecule has 284 valence electrons. The SMILES string of the molecule is O=C1CCC(N2C(=O)c3cc4c(cc3C2=O)CN(CC(=O)N2CC3(CC(Oc5ccc([C@@H]6c7ccc(O)cc7CC[C@H]6c6ccccc6)cc5)C3)C2)C4)C(=O)N1. The lowest BCUT2D eigenvalue weighted by Crippen LogP contribution is -2.66. The van der Waals surface area contributed by atoms with Gasteiger partial charge in [0.15, 0.2) is 0 Å². The highest BCUT2D eigenvalue weighted by molar-refractivity contribution is 6.23. The maximum atomic E-state index is 13.3. The molecule has 3 atom stereocenters. The first-order valence-corrected chi connectivity index (χ1v) is 19.6. The van der Waals surface area contributed by atoms with Gasteiger partial charge in [-0.3, -0.25) is 39.1 Å². The summed E-state index contributed by atoms with van der Waals surface area (Å²) >= 11 is 0. The molecule has 3 fully saturated rings. The zero-order valence-electron chi connectivity index (χ0n) is 30.9. The average Bonchev–Trinajstić information content (AvgIpc) is 3.66. The standard InChI is InChI=1S/C45H42N4O7/c50-31-9-13-35-28(16-31)8-12-34(26-4-2-1-3-5-26)41(35)27-6-10-32(11-7-27)56-33-19-45(20-33)24-48(25-45)40(52)23-47-21-29-17-36-37(18-30(29)22-47)44(55)49(43(36)54)38-14-15-39(51)46-42(38)53/h1-7,9-11,13,16-18,33-34,38,41,50H,8,12,14-15,19-25H2,(H,46,51,53)/t34-,38?,41-/m0/s1. The van der Waals surface area contributed by atoms with Crippen LogP contribution in [0.15, 0.2) is 84.9 Å². The zero-order valence-corrected chi connectivity index (χ0v) is 30.9. The third kappa shape index (κ3) is 5.87. The molecule has 11 nitrogen and oxygen atoms in total. The Morgan fingerprint density at radius 3 is 2.16 bits per heavy atom. The molecule has 2 saturated heterocycles. The Kier molecular flexibility index (Phi) is 8.14. The summed E-state index contributed by atoms with van der Waals surface area (Å²) in [5, 5.41) is 12.4. The fraction of sp³-hybridized carbons (Fsp3) is 0.356. The largest absolute Gasteiger partial charge is 0.508 e. The van der Waals surface area contributed by atoms with E-state index in [1.165, 1.54) is 22.3 Å². The summed E-state index contributed by atoms with van der Waals surface area (Å²) in [6.07, 6.45) is 4.07. The Hall–Kier alpha value is -5.81. The fourth-order valence-electron chi connectivity index (χ4n) is 10.3. The summed E-state index contributed by atoms with van der Waals surface area (Å²) < 4.78 is 6.43. The summed E-state index contributed by atoms with van der Waals surface area (Å²) in [7, 11) is 0. The molecule has 1 unspecified atom stereocenters. The minimum Gasteiger partial charge on any atom is -0.508 e. The molecular formula is C45H42N4O7. The number of hydrogen-bond donors (Lipinski definition) is 2. The number of phenols is 1. The molecule has 5 amide bonds. The zero-order chi connectivity index (χ0) is 38.3. The van der Waals surface area contributed by atoms with Gasteiger partial charge in [0.2, 0.25) is 17.7 Å². The van der Waals surface area contributed by atoms with Gasteiger partial charge in [-0.2, -0.15) is 0 Å². The van der Waals surface area contributed by atoms with Crippen LogP contribution in [0.5, 0.6) is 11.5 Å². The van der Waals surface area contributed by atoms with E-state index in [2.05, 4.69) is 66.0 Å². The molecular weight excluding hydrogens is 709 g/mol. The van der Waals surface area contributed by atoms with Crippen molar-refractivity contribution in [2.45, 2.75) is 75.6 Å². The Bertz CT molecular complexity index is 2270. The van der Waals surface area contributed by atoms with Crippen molar-refractivity contribution < 1.29 is 33.8 Å². The molecule has 6 aliphatic rings. The molecule has 1 saturated carbocycles. The number of piperidine rings is 1. The first-order valence-electron chi connectivity index (χ1n) is 19.6. The van der Waals surface area contributed by atoms with Crippen LogP contribution in [0.1, 0.15) is 98.0 Å². The van der Waals surface area contributed by atoms with Crippen LogP contribution < -0.4 is 10.1 Å². The summed E-state index contributed by atoms with van der Waals surface area (Å²) in [5.74, 6) is -0.316. The van der Waals surface area contributed by atoms with E-state index in [1.807, 2.05) is 15.9 Å². The minimum absolute atomic E-state index is 0.0698. The van der Waals surface area contributed by atoms with E-state index in [9.17, 15) is 29.1 Å². The monoisotopic (exact) mass is 750 g/mol. The third-order valence-electron chi connectivity index (χ3n) is 13.0. The smallest absolute Gasteiger partial charge is 0.262 e. The molecule has 0 bridgehead atoms. The Labute approximate surface area is 324 Å². The van der Waals surface area contributed by atoms with Gasteiger partial charge in [-0.15, -0.1) is 0 Å². The van der Waals surface area contributed by atoms with Gasteiger partial charge in [-0.25, -0.2) is 0 Å². The van der Waals surface area contributed by atoms with Gasteiger partial charge >= 0.3 is 0 Å². The number of imide groups is 2. The number of likely N-dealkylation sites (tertiary alicyclic amines) is 1. The van der Waals surface area contributed by atoms with Crippen LogP contribution in [-0.2, 0) is 33.9 Å². The van der Waals surface area contributed by atoms with Gasteiger partial charge in [-0.05, 0) is 108 Å². The van der Waals surface area contributed by atoms with Gasteiger partial charge in [0.25, 0.3) is 11.8 Å². The van der Waals surface area contributed by atoms with Crippen LogP contribution >= 0.6 is 0 Å². The predicted molar refractivity (Wildman–Crippen MR) is 204 cm³/mol. The van der Waals surface area contributed by atoms with E-state index in [0.29, 0.717) is 24.8 Å². The van der Waals surface area contributed by atoms with Crippen molar-refractivity contribution in [1.29, 1.82) is 0 Å². The van der Waals surface area contributed by atoms with E-state index < -0.39 is 29.7 Å². The number of phenolic OH excluding ortho intramolecular Hbond substituents is 1. The average molecular weight is 751 g/mol. The molecule has 4 aromatic rings. The molecule has 4 heterocycles. The number of aromatic hydroxyl groups is 1. The summed E-state index contributed by atoms with van der Waals surface area (Å²) in [6, 6.07) is 27.5. The quantitative estimate of drug-likeness (QED) is 0.251. The van der Waals surface area contributed by atoms with E-state index in [1.54, 1.807) is 18.2 Å². The normalized spacial score (nSPS) is 24.0. The predicted octanol–water partition coefficient (Wildman–Crippen LogP) is 5.04. The molecule has 0 radical (unpaired) electrons. The van der Waals surface area contributed by atoms with Crippen molar-refractivity contribution in [2.24, 2.45) is 5.41 Å².